The van der Waals surface area contributed by atoms with Gasteiger partial charge in [-0.1, -0.05) is 0 Å². The normalized spacial score (nSPS) is 14.6. The van der Waals surface area contributed by atoms with Crippen LogP contribution in [-0.4, -0.2) is 65.4 Å². The molecule has 138 valence electrons. The molecule has 1 N–H and O–H groups in total. The lowest BCUT2D eigenvalue weighted by atomic mass is 10.2. The minimum Gasteiger partial charge on any atom is -0.459 e. The summed E-state index contributed by atoms with van der Waals surface area (Å²) in [4.78, 5) is 41.4. The van der Waals surface area contributed by atoms with E-state index in [0.717, 1.165) is 12.1 Å². The average molecular weight is 365 g/mol. The number of fused-ring (bicyclic) bond motifs is 1. The minimum absolute atomic E-state index is 0.112. The van der Waals surface area contributed by atoms with Crippen LogP contribution in [0.15, 0.2) is 18.2 Å². The van der Waals surface area contributed by atoms with Crippen LogP contribution in [0.5, 0.6) is 0 Å². The van der Waals surface area contributed by atoms with Gasteiger partial charge in [-0.3, -0.25) is 9.59 Å². The number of aromatic nitrogens is 1. The number of H-pyrrole nitrogens is 1. The second-order valence-corrected chi connectivity index (χ2v) is 5.84. The maximum absolute atomic E-state index is 13.8. The number of nitrogens with zero attached hydrogens (tertiary/aromatic N) is 2. The van der Waals surface area contributed by atoms with E-state index in [-0.39, 0.29) is 55.3 Å². The molecule has 7 nitrogen and oxygen atoms in total. The topological polar surface area (TPSA) is 82.7 Å². The van der Waals surface area contributed by atoms with Gasteiger partial charge >= 0.3 is 11.9 Å². The molecule has 9 heteroatoms. The third kappa shape index (κ3) is 3.37. The Bertz CT molecular complexity index is 872. The number of aromatic amines is 1. The van der Waals surface area contributed by atoms with Crippen LogP contribution in [-0.2, 0) is 14.3 Å². The maximum Gasteiger partial charge on any atom is 0.397 e. The highest BCUT2D eigenvalue weighted by atomic mass is 19.1. The first-order valence-corrected chi connectivity index (χ1v) is 8.13. The van der Waals surface area contributed by atoms with Crippen molar-refractivity contribution in [1.29, 1.82) is 0 Å². The third-order valence-corrected chi connectivity index (χ3v) is 4.19. The number of carbonyl (C=O) groups excluding carboxylic acids is 3. The van der Waals surface area contributed by atoms with Crippen LogP contribution in [0.2, 0.25) is 0 Å². The van der Waals surface area contributed by atoms with Crippen LogP contribution in [0, 0.1) is 11.6 Å². The number of ether oxygens (including phenoxy) is 1. The lowest BCUT2D eigenvalue weighted by Gasteiger charge is -2.33. The molecule has 0 atom stereocenters. The second kappa shape index (κ2) is 7.11. The van der Waals surface area contributed by atoms with Crippen LogP contribution in [0.1, 0.15) is 17.4 Å². The van der Waals surface area contributed by atoms with Gasteiger partial charge in [-0.15, -0.1) is 0 Å². The first-order valence-electron chi connectivity index (χ1n) is 8.13. The van der Waals surface area contributed by atoms with E-state index in [1.807, 2.05) is 0 Å². The number of rotatable bonds is 2. The number of nitrogens with one attached hydrogen (secondary N) is 1. The van der Waals surface area contributed by atoms with Crippen molar-refractivity contribution in [1.82, 2.24) is 14.8 Å². The van der Waals surface area contributed by atoms with Gasteiger partial charge in [-0.25, -0.2) is 13.6 Å². The summed E-state index contributed by atoms with van der Waals surface area (Å²) in [5.41, 5.74) is 0.330. The van der Waals surface area contributed by atoms with Crippen molar-refractivity contribution in [2.75, 3.05) is 32.8 Å². The number of hydrogen-bond donors (Lipinski definition) is 1. The zero-order valence-electron chi connectivity index (χ0n) is 14.1. The van der Waals surface area contributed by atoms with Gasteiger partial charge in [-0.2, -0.15) is 0 Å². The smallest absolute Gasteiger partial charge is 0.397 e. The summed E-state index contributed by atoms with van der Waals surface area (Å²) in [6.45, 7) is 2.53. The van der Waals surface area contributed by atoms with Gasteiger partial charge in [0.05, 0.1) is 12.1 Å². The molecule has 3 rings (SSSR count). The summed E-state index contributed by atoms with van der Waals surface area (Å²) in [7, 11) is 0. The summed E-state index contributed by atoms with van der Waals surface area (Å²) in [6, 6.07) is 3.21. The molecule has 1 aromatic carbocycles. The van der Waals surface area contributed by atoms with Crippen LogP contribution in [0.4, 0.5) is 8.78 Å². The molecule has 0 saturated carbocycles. The van der Waals surface area contributed by atoms with Crippen molar-refractivity contribution in [3.8, 4) is 0 Å². The first kappa shape index (κ1) is 17.8. The van der Waals surface area contributed by atoms with Gasteiger partial charge in [0.1, 0.15) is 17.3 Å². The number of halogens is 2. The fourth-order valence-corrected chi connectivity index (χ4v) is 2.88. The zero-order valence-corrected chi connectivity index (χ0v) is 14.1. The summed E-state index contributed by atoms with van der Waals surface area (Å²) < 4.78 is 31.7. The molecular weight excluding hydrogens is 348 g/mol. The van der Waals surface area contributed by atoms with Gasteiger partial charge in [-0.05, 0) is 19.1 Å². The first-order chi connectivity index (χ1) is 12.4. The molecule has 0 aliphatic carbocycles. The third-order valence-electron chi connectivity index (χ3n) is 4.19. The van der Waals surface area contributed by atoms with Crippen LogP contribution in [0.25, 0.3) is 10.9 Å². The summed E-state index contributed by atoms with van der Waals surface area (Å²) in [5.74, 6) is -3.52. The van der Waals surface area contributed by atoms with Gasteiger partial charge in [0.15, 0.2) is 0 Å². The predicted molar refractivity (Wildman–Crippen MR) is 87.3 cm³/mol. The van der Waals surface area contributed by atoms with E-state index in [0.29, 0.717) is 0 Å². The minimum atomic E-state index is -0.916. The number of benzene rings is 1. The lowest BCUT2D eigenvalue weighted by Crippen LogP contribution is -2.52. The Hall–Kier alpha value is -2.97. The number of piperazine rings is 1. The molecule has 1 fully saturated rings. The monoisotopic (exact) mass is 365 g/mol. The van der Waals surface area contributed by atoms with Crippen molar-refractivity contribution in [2.24, 2.45) is 0 Å². The number of hydrogen-bond acceptors (Lipinski definition) is 4. The lowest BCUT2D eigenvalue weighted by molar-refractivity contribution is -0.160. The van der Waals surface area contributed by atoms with Crippen LogP contribution in [0.3, 0.4) is 0 Å². The Morgan fingerprint density at radius 1 is 1.08 bits per heavy atom. The van der Waals surface area contributed by atoms with E-state index in [1.54, 1.807) is 6.92 Å². The second-order valence-electron chi connectivity index (χ2n) is 5.84. The molecule has 2 amide bonds. The Morgan fingerprint density at radius 2 is 1.73 bits per heavy atom. The molecule has 0 bridgehead atoms. The van der Waals surface area contributed by atoms with Crippen LogP contribution < -0.4 is 0 Å². The van der Waals surface area contributed by atoms with Gasteiger partial charge < -0.3 is 19.5 Å². The Morgan fingerprint density at radius 3 is 2.38 bits per heavy atom. The van der Waals surface area contributed by atoms with Crippen molar-refractivity contribution in [2.45, 2.75) is 6.92 Å². The largest absolute Gasteiger partial charge is 0.459 e. The molecule has 2 aromatic rings. The fraction of sp³-hybridized carbons (Fsp3) is 0.353. The average Bonchev–Trinajstić information content (AvgIpc) is 3.05. The molecule has 0 unspecified atom stereocenters. The van der Waals surface area contributed by atoms with E-state index in [4.69, 9.17) is 0 Å². The number of amides is 2. The zero-order chi connectivity index (χ0) is 18.8. The summed E-state index contributed by atoms with van der Waals surface area (Å²) in [6.07, 6.45) is 0. The van der Waals surface area contributed by atoms with E-state index in [9.17, 15) is 23.2 Å². The maximum atomic E-state index is 13.8. The molecule has 0 spiro atoms. The molecule has 1 saturated heterocycles. The van der Waals surface area contributed by atoms with E-state index in [1.165, 1.54) is 15.9 Å². The summed E-state index contributed by atoms with van der Waals surface area (Å²) in [5, 5.41) is 0.130. The Balaban J connectivity index is 1.68. The van der Waals surface area contributed by atoms with Gasteiger partial charge in [0, 0.05) is 37.6 Å². The van der Waals surface area contributed by atoms with Crippen LogP contribution >= 0.6 is 0 Å². The quantitative estimate of drug-likeness (QED) is 0.642. The fourth-order valence-electron chi connectivity index (χ4n) is 2.88. The highest BCUT2D eigenvalue weighted by Crippen LogP contribution is 2.21. The highest BCUT2D eigenvalue weighted by Gasteiger charge is 2.29. The highest BCUT2D eigenvalue weighted by molar-refractivity contribution is 6.32. The number of carbonyl (C=O) groups is 3. The van der Waals surface area contributed by atoms with Gasteiger partial charge in [0.2, 0.25) is 0 Å². The summed E-state index contributed by atoms with van der Waals surface area (Å²) >= 11 is 0. The van der Waals surface area contributed by atoms with E-state index in [2.05, 4.69) is 9.72 Å². The van der Waals surface area contributed by atoms with Crippen molar-refractivity contribution in [3.63, 3.8) is 0 Å². The van der Waals surface area contributed by atoms with Crippen molar-refractivity contribution < 1.29 is 27.9 Å². The molecular formula is C17H17F2N3O4. The SMILES string of the molecule is CCOC(=O)C(=O)N1CCN(C(=O)c2cc3c(F)cc(F)cc3[nH]2)CC1. The van der Waals surface area contributed by atoms with Gasteiger partial charge in [0.25, 0.3) is 5.91 Å². The van der Waals surface area contributed by atoms with E-state index < -0.39 is 23.5 Å². The molecule has 26 heavy (non-hydrogen) atoms. The molecule has 1 aliphatic rings. The number of esters is 1. The van der Waals surface area contributed by atoms with Crippen molar-refractivity contribution in [3.05, 3.63) is 35.5 Å². The molecule has 0 radical (unpaired) electrons. The Labute approximate surface area is 147 Å². The van der Waals surface area contributed by atoms with Crippen molar-refractivity contribution >= 4 is 28.7 Å². The molecule has 1 aromatic heterocycles. The molecule has 1 aliphatic heterocycles. The molecule has 2 heterocycles. The predicted octanol–water partition coefficient (Wildman–Crippen LogP) is 1.29. The van der Waals surface area contributed by atoms with E-state index >= 15 is 0 Å². The standard InChI is InChI=1S/C17H17F2N3O4/c1-2-26-17(25)16(24)22-5-3-21(4-6-22)15(23)14-9-11-12(19)7-10(18)8-13(11)20-14/h7-9,20H,2-6H2,1H3. The Kier molecular flexibility index (Phi) is 4.88.